The average molecular weight is 356 g/mol. The minimum absolute atomic E-state index is 0.0515. The van der Waals surface area contributed by atoms with Gasteiger partial charge in [-0.05, 0) is 43.5 Å². The fourth-order valence-electron chi connectivity index (χ4n) is 2.72. The van der Waals surface area contributed by atoms with E-state index in [-0.39, 0.29) is 12.1 Å². The molecule has 5 heteroatoms. The van der Waals surface area contributed by atoms with Crippen molar-refractivity contribution in [1.82, 2.24) is 10.2 Å². The maximum absolute atomic E-state index is 12.6. The van der Waals surface area contributed by atoms with E-state index in [2.05, 4.69) is 5.32 Å². The topological polar surface area (TPSA) is 50.8 Å². The van der Waals surface area contributed by atoms with Gasteiger partial charge in [-0.2, -0.15) is 0 Å². The van der Waals surface area contributed by atoms with E-state index in [1.165, 1.54) is 0 Å². The second-order valence-electron chi connectivity index (χ2n) is 6.38. The van der Waals surface area contributed by atoms with E-state index in [1.54, 1.807) is 14.2 Å². The van der Waals surface area contributed by atoms with Crippen molar-refractivity contribution in [2.24, 2.45) is 0 Å². The molecule has 2 aromatic carbocycles. The summed E-state index contributed by atoms with van der Waals surface area (Å²) in [6, 6.07) is 15.9. The summed E-state index contributed by atoms with van der Waals surface area (Å²) in [6.45, 7) is 5.21. The Hall–Kier alpha value is -2.69. The summed E-state index contributed by atoms with van der Waals surface area (Å²) in [6.07, 6.45) is 0.726. The number of amides is 2. The molecule has 0 saturated heterocycles. The minimum Gasteiger partial charge on any atom is -0.493 e. The van der Waals surface area contributed by atoms with E-state index >= 15 is 0 Å². The molecule has 0 aliphatic carbocycles. The molecule has 1 N–H and O–H groups in total. The van der Waals surface area contributed by atoms with Crippen molar-refractivity contribution in [2.45, 2.75) is 32.9 Å². The highest BCUT2D eigenvalue weighted by atomic mass is 16.5. The van der Waals surface area contributed by atoms with Gasteiger partial charge in [-0.25, -0.2) is 4.79 Å². The third kappa shape index (κ3) is 5.41. The molecule has 0 aliphatic heterocycles. The van der Waals surface area contributed by atoms with Crippen LogP contribution in [0.5, 0.6) is 11.5 Å². The van der Waals surface area contributed by atoms with Crippen LogP contribution in [0.15, 0.2) is 48.5 Å². The fraction of sp³-hybridized carbons (Fsp3) is 0.381. The Kier molecular flexibility index (Phi) is 7.33. The van der Waals surface area contributed by atoms with Crippen molar-refractivity contribution in [3.63, 3.8) is 0 Å². The smallest absolute Gasteiger partial charge is 0.317 e. The first-order valence-electron chi connectivity index (χ1n) is 8.84. The third-order valence-electron chi connectivity index (χ3n) is 4.22. The first-order chi connectivity index (χ1) is 12.5. The summed E-state index contributed by atoms with van der Waals surface area (Å²) in [4.78, 5) is 14.4. The molecule has 0 fully saturated rings. The van der Waals surface area contributed by atoms with Crippen LogP contribution in [-0.4, -0.2) is 37.7 Å². The highest BCUT2D eigenvalue weighted by Crippen LogP contribution is 2.27. The largest absolute Gasteiger partial charge is 0.493 e. The standard InChI is InChI=1S/C21H28N2O3/c1-16(2)23(15-18-8-6-5-7-9-18)21(24)22-13-12-17-10-11-19(25-3)20(14-17)26-4/h5-11,14,16H,12-13,15H2,1-4H3,(H,22,24). The lowest BCUT2D eigenvalue weighted by Crippen LogP contribution is -2.44. The number of hydrogen-bond acceptors (Lipinski definition) is 3. The summed E-state index contributed by atoms with van der Waals surface area (Å²) >= 11 is 0. The Labute approximate surface area is 155 Å². The first-order valence-corrected chi connectivity index (χ1v) is 8.84. The molecule has 0 aromatic heterocycles. The fourth-order valence-corrected chi connectivity index (χ4v) is 2.72. The van der Waals surface area contributed by atoms with E-state index in [1.807, 2.05) is 67.3 Å². The maximum atomic E-state index is 12.6. The third-order valence-corrected chi connectivity index (χ3v) is 4.22. The zero-order valence-corrected chi connectivity index (χ0v) is 16.0. The Morgan fingerprint density at radius 3 is 2.31 bits per heavy atom. The number of hydrogen-bond donors (Lipinski definition) is 1. The van der Waals surface area contributed by atoms with E-state index in [9.17, 15) is 4.79 Å². The number of urea groups is 1. The minimum atomic E-state index is -0.0515. The van der Waals surface area contributed by atoms with Gasteiger partial charge in [-0.1, -0.05) is 36.4 Å². The molecule has 0 unspecified atom stereocenters. The Morgan fingerprint density at radius 1 is 1.00 bits per heavy atom. The summed E-state index contributed by atoms with van der Waals surface area (Å²) in [5.41, 5.74) is 2.21. The average Bonchev–Trinajstić information content (AvgIpc) is 2.66. The lowest BCUT2D eigenvalue weighted by atomic mass is 10.1. The molecule has 0 heterocycles. The molecule has 0 aliphatic rings. The predicted molar refractivity (Wildman–Crippen MR) is 104 cm³/mol. The van der Waals surface area contributed by atoms with Crippen LogP contribution < -0.4 is 14.8 Å². The highest BCUT2D eigenvalue weighted by Gasteiger charge is 2.16. The van der Waals surface area contributed by atoms with Crippen LogP contribution in [0.3, 0.4) is 0 Å². The Bertz CT molecular complexity index is 702. The van der Waals surface area contributed by atoms with Crippen molar-refractivity contribution < 1.29 is 14.3 Å². The molecule has 0 atom stereocenters. The van der Waals surface area contributed by atoms with Gasteiger partial charge >= 0.3 is 6.03 Å². The Balaban J connectivity index is 1.91. The number of nitrogens with zero attached hydrogens (tertiary/aromatic N) is 1. The van der Waals surface area contributed by atoms with Crippen LogP contribution in [0, 0.1) is 0 Å². The predicted octanol–water partition coefficient (Wildman–Crippen LogP) is 3.87. The van der Waals surface area contributed by atoms with Gasteiger partial charge in [-0.15, -0.1) is 0 Å². The zero-order valence-electron chi connectivity index (χ0n) is 16.0. The second kappa shape index (κ2) is 9.70. The molecule has 26 heavy (non-hydrogen) atoms. The van der Waals surface area contributed by atoms with E-state index in [4.69, 9.17) is 9.47 Å². The quantitative estimate of drug-likeness (QED) is 0.781. The molecule has 0 spiro atoms. The van der Waals surface area contributed by atoms with Crippen LogP contribution in [0.2, 0.25) is 0 Å². The molecule has 2 amide bonds. The second-order valence-corrected chi connectivity index (χ2v) is 6.38. The molecule has 2 rings (SSSR count). The van der Waals surface area contributed by atoms with Gasteiger partial charge in [0.15, 0.2) is 11.5 Å². The van der Waals surface area contributed by atoms with Crippen molar-refractivity contribution in [1.29, 1.82) is 0 Å². The molecular formula is C21H28N2O3. The van der Waals surface area contributed by atoms with Crippen molar-refractivity contribution >= 4 is 6.03 Å². The highest BCUT2D eigenvalue weighted by molar-refractivity contribution is 5.74. The summed E-state index contributed by atoms with van der Waals surface area (Å²) in [5, 5.41) is 3.01. The Morgan fingerprint density at radius 2 is 1.69 bits per heavy atom. The first kappa shape index (κ1) is 19.6. The van der Waals surface area contributed by atoms with Crippen LogP contribution in [0.1, 0.15) is 25.0 Å². The van der Waals surface area contributed by atoms with Crippen LogP contribution >= 0.6 is 0 Å². The van der Waals surface area contributed by atoms with Gasteiger partial charge in [0.25, 0.3) is 0 Å². The zero-order chi connectivity index (χ0) is 18.9. The molecule has 0 bridgehead atoms. The van der Waals surface area contributed by atoms with Gasteiger partial charge in [0.1, 0.15) is 0 Å². The number of carbonyl (C=O) groups excluding carboxylic acids is 1. The molecule has 0 saturated carbocycles. The van der Waals surface area contributed by atoms with Crippen LogP contribution in [0.4, 0.5) is 4.79 Å². The van der Waals surface area contributed by atoms with Crippen molar-refractivity contribution in [3.05, 3.63) is 59.7 Å². The SMILES string of the molecule is COc1ccc(CCNC(=O)N(Cc2ccccc2)C(C)C)cc1OC. The van der Waals surface area contributed by atoms with E-state index < -0.39 is 0 Å². The van der Waals surface area contributed by atoms with Gasteiger partial charge in [0.2, 0.25) is 0 Å². The normalized spacial score (nSPS) is 10.5. The molecular weight excluding hydrogens is 328 g/mol. The molecule has 140 valence electrons. The molecule has 0 radical (unpaired) electrons. The van der Waals surface area contributed by atoms with Crippen LogP contribution in [-0.2, 0) is 13.0 Å². The lowest BCUT2D eigenvalue weighted by molar-refractivity contribution is 0.180. The van der Waals surface area contributed by atoms with Crippen LogP contribution in [0.25, 0.3) is 0 Å². The number of ether oxygens (including phenoxy) is 2. The maximum Gasteiger partial charge on any atom is 0.317 e. The number of methoxy groups -OCH3 is 2. The van der Waals surface area contributed by atoms with Crippen molar-refractivity contribution in [3.8, 4) is 11.5 Å². The van der Waals surface area contributed by atoms with Gasteiger partial charge < -0.3 is 19.7 Å². The monoisotopic (exact) mass is 356 g/mol. The molecule has 2 aromatic rings. The summed E-state index contributed by atoms with van der Waals surface area (Å²) in [7, 11) is 3.23. The summed E-state index contributed by atoms with van der Waals surface area (Å²) in [5.74, 6) is 1.40. The number of rotatable bonds is 8. The van der Waals surface area contributed by atoms with Crippen molar-refractivity contribution in [2.75, 3.05) is 20.8 Å². The summed E-state index contributed by atoms with van der Waals surface area (Å²) < 4.78 is 10.6. The number of carbonyl (C=O) groups is 1. The van der Waals surface area contributed by atoms with Gasteiger partial charge in [0, 0.05) is 19.1 Å². The number of benzene rings is 2. The molecule has 5 nitrogen and oxygen atoms in total. The number of nitrogens with one attached hydrogen (secondary N) is 1. The van der Waals surface area contributed by atoms with Gasteiger partial charge in [-0.3, -0.25) is 0 Å². The lowest BCUT2D eigenvalue weighted by Gasteiger charge is -2.27. The van der Waals surface area contributed by atoms with E-state index in [0.29, 0.717) is 24.6 Å². The van der Waals surface area contributed by atoms with E-state index in [0.717, 1.165) is 17.5 Å². The van der Waals surface area contributed by atoms with Gasteiger partial charge in [0.05, 0.1) is 14.2 Å².